The molecule has 1 aromatic carbocycles. The Kier molecular flexibility index (Phi) is 5.20. The molecule has 142 valence electrons. The lowest BCUT2D eigenvalue weighted by Gasteiger charge is -2.19. The first-order valence-corrected chi connectivity index (χ1v) is 9.44. The second-order valence-corrected chi connectivity index (χ2v) is 7.25. The van der Waals surface area contributed by atoms with E-state index in [2.05, 4.69) is 44.4 Å². The van der Waals surface area contributed by atoms with Crippen LogP contribution < -0.4 is 4.74 Å². The van der Waals surface area contributed by atoms with E-state index in [-0.39, 0.29) is 0 Å². The lowest BCUT2D eigenvalue weighted by Crippen LogP contribution is -2.19. The van der Waals surface area contributed by atoms with E-state index >= 15 is 0 Å². The van der Waals surface area contributed by atoms with Crippen molar-refractivity contribution < 1.29 is 4.74 Å². The molecule has 0 fully saturated rings. The Morgan fingerprint density at radius 2 is 2.11 bits per heavy atom. The Labute approximate surface area is 159 Å². The van der Waals surface area contributed by atoms with Gasteiger partial charge in [0, 0.05) is 24.3 Å². The summed E-state index contributed by atoms with van der Waals surface area (Å²) in [5, 5.41) is 12.0. The molecule has 2 aromatic heterocycles. The zero-order valence-electron chi connectivity index (χ0n) is 16.0. The highest BCUT2D eigenvalue weighted by Gasteiger charge is 2.18. The number of ether oxygens (including phenoxy) is 1. The van der Waals surface area contributed by atoms with Crippen LogP contribution in [0.2, 0.25) is 0 Å². The van der Waals surface area contributed by atoms with Crippen molar-refractivity contribution in [3.63, 3.8) is 0 Å². The van der Waals surface area contributed by atoms with E-state index in [1.54, 1.807) is 24.4 Å². The lowest BCUT2D eigenvalue weighted by atomic mass is 9.96. The van der Waals surface area contributed by atoms with Crippen molar-refractivity contribution >= 4 is 0 Å². The zero-order chi connectivity index (χ0) is 18.6. The summed E-state index contributed by atoms with van der Waals surface area (Å²) in [6, 6.07) is 6.35. The van der Waals surface area contributed by atoms with Crippen LogP contribution in [0.25, 0.3) is 0 Å². The molecule has 0 saturated carbocycles. The topological polar surface area (TPSA) is 71.9 Å². The predicted octanol–water partition coefficient (Wildman–Crippen LogP) is 2.57. The van der Waals surface area contributed by atoms with Crippen molar-refractivity contribution in [2.75, 3.05) is 14.2 Å². The van der Waals surface area contributed by atoms with Gasteiger partial charge in [0.15, 0.2) is 0 Å². The van der Waals surface area contributed by atoms with Crippen molar-refractivity contribution in [1.82, 2.24) is 29.9 Å². The largest absolute Gasteiger partial charge is 0.496 e. The molecule has 0 amide bonds. The van der Waals surface area contributed by atoms with Gasteiger partial charge in [-0.1, -0.05) is 6.07 Å². The fourth-order valence-corrected chi connectivity index (χ4v) is 3.85. The summed E-state index contributed by atoms with van der Waals surface area (Å²) in [4.78, 5) is 6.33. The molecule has 0 atom stereocenters. The molecule has 0 spiro atoms. The van der Waals surface area contributed by atoms with Crippen LogP contribution in [0.1, 0.15) is 40.9 Å². The van der Waals surface area contributed by atoms with E-state index in [9.17, 15) is 0 Å². The van der Waals surface area contributed by atoms with Gasteiger partial charge in [-0.25, -0.2) is 9.67 Å². The number of hydrogen-bond donors (Lipinski definition) is 1. The van der Waals surface area contributed by atoms with Gasteiger partial charge in [0.2, 0.25) is 0 Å². The molecule has 0 bridgehead atoms. The van der Waals surface area contributed by atoms with Gasteiger partial charge < -0.3 is 4.74 Å². The molecule has 0 aliphatic heterocycles. The molecule has 3 aromatic rings. The normalized spacial score (nSPS) is 13.7. The molecule has 4 rings (SSSR count). The molecular formula is C20H26N6O. The van der Waals surface area contributed by atoms with Gasteiger partial charge >= 0.3 is 0 Å². The number of fused-ring (bicyclic) bond motifs is 1. The molecule has 1 aliphatic rings. The number of aromatic amines is 1. The first kappa shape index (κ1) is 17.7. The fourth-order valence-electron chi connectivity index (χ4n) is 3.85. The number of aromatic nitrogens is 5. The van der Waals surface area contributed by atoms with E-state index in [0.717, 1.165) is 37.2 Å². The number of aryl methyl sites for hydroxylation is 1. The minimum atomic E-state index is 0.646. The molecule has 0 unspecified atom stereocenters. The van der Waals surface area contributed by atoms with Crippen LogP contribution in [0.3, 0.4) is 0 Å². The first-order valence-electron chi connectivity index (χ1n) is 9.44. The Balaban J connectivity index is 1.46. The summed E-state index contributed by atoms with van der Waals surface area (Å²) >= 11 is 0. The van der Waals surface area contributed by atoms with Crippen molar-refractivity contribution in [2.24, 2.45) is 0 Å². The van der Waals surface area contributed by atoms with Crippen LogP contribution in [0, 0.1) is 0 Å². The van der Waals surface area contributed by atoms with Crippen LogP contribution in [0.15, 0.2) is 30.9 Å². The monoisotopic (exact) mass is 366 g/mol. The summed E-state index contributed by atoms with van der Waals surface area (Å²) < 4.78 is 7.32. The number of hydrogen-bond acceptors (Lipinski definition) is 5. The molecule has 2 heterocycles. The predicted molar refractivity (Wildman–Crippen MR) is 103 cm³/mol. The average Bonchev–Trinajstić information content (AvgIpc) is 3.32. The number of rotatable bonds is 7. The quantitative estimate of drug-likeness (QED) is 0.696. The molecule has 0 saturated heterocycles. The maximum Gasteiger partial charge on any atom is 0.137 e. The summed E-state index contributed by atoms with van der Waals surface area (Å²) in [5.41, 5.74) is 6.33. The van der Waals surface area contributed by atoms with E-state index < -0.39 is 0 Å². The lowest BCUT2D eigenvalue weighted by molar-refractivity contribution is 0.313. The molecule has 1 aliphatic carbocycles. The summed E-state index contributed by atoms with van der Waals surface area (Å²) in [7, 11) is 3.85. The number of nitrogens with zero attached hydrogens (tertiary/aromatic N) is 5. The minimum Gasteiger partial charge on any atom is -0.496 e. The van der Waals surface area contributed by atoms with Gasteiger partial charge in [-0.05, 0) is 56.0 Å². The Hall–Kier alpha value is -2.67. The van der Waals surface area contributed by atoms with Gasteiger partial charge in [-0.2, -0.15) is 10.2 Å². The van der Waals surface area contributed by atoms with Gasteiger partial charge in [-0.3, -0.25) is 10.00 Å². The van der Waals surface area contributed by atoms with Crippen LogP contribution >= 0.6 is 0 Å². The summed E-state index contributed by atoms with van der Waals surface area (Å²) in [5.74, 6) is 0.873. The second-order valence-electron chi connectivity index (χ2n) is 7.25. The van der Waals surface area contributed by atoms with E-state index in [1.807, 2.05) is 6.07 Å². The number of methoxy groups -OCH3 is 1. The number of nitrogens with one attached hydrogen (secondary N) is 1. The molecule has 1 N–H and O–H groups in total. The van der Waals surface area contributed by atoms with Crippen LogP contribution in [0.4, 0.5) is 0 Å². The van der Waals surface area contributed by atoms with Crippen molar-refractivity contribution in [2.45, 2.75) is 45.3 Å². The first-order chi connectivity index (χ1) is 13.2. The Morgan fingerprint density at radius 3 is 2.93 bits per heavy atom. The van der Waals surface area contributed by atoms with Gasteiger partial charge in [0.25, 0.3) is 0 Å². The maximum atomic E-state index is 5.51. The third-order valence-electron chi connectivity index (χ3n) is 5.16. The fraction of sp³-hybridized carbons (Fsp3) is 0.450. The average molecular weight is 366 g/mol. The van der Waals surface area contributed by atoms with Crippen LogP contribution in [-0.4, -0.2) is 44.0 Å². The van der Waals surface area contributed by atoms with Crippen molar-refractivity contribution in [1.29, 1.82) is 0 Å². The Bertz CT molecular complexity index is 886. The highest BCUT2D eigenvalue weighted by atomic mass is 16.5. The van der Waals surface area contributed by atoms with Crippen LogP contribution in [0.5, 0.6) is 5.75 Å². The molecule has 27 heavy (non-hydrogen) atoms. The zero-order valence-corrected chi connectivity index (χ0v) is 16.0. The Morgan fingerprint density at radius 1 is 1.22 bits per heavy atom. The number of H-pyrrole nitrogens is 1. The summed E-state index contributed by atoms with van der Waals surface area (Å²) in [6.45, 7) is 2.36. The molecule has 0 radical (unpaired) electrons. The van der Waals surface area contributed by atoms with Crippen molar-refractivity contribution in [3.05, 3.63) is 58.9 Å². The highest BCUT2D eigenvalue weighted by Crippen LogP contribution is 2.24. The van der Waals surface area contributed by atoms with Crippen LogP contribution in [-0.2, 0) is 32.5 Å². The minimum absolute atomic E-state index is 0.646. The van der Waals surface area contributed by atoms with E-state index in [4.69, 9.17) is 4.74 Å². The van der Waals surface area contributed by atoms with Gasteiger partial charge in [0.05, 0.1) is 19.3 Å². The van der Waals surface area contributed by atoms with Crippen molar-refractivity contribution in [3.8, 4) is 5.75 Å². The standard InChI is InChI=1S/C20H26N6O/c1-25(12-19-17-5-3-4-6-18(17)23-24-19)10-15-7-8-20(27-2)16(9-15)11-26-14-21-13-22-26/h7-9,13-14H,3-6,10-12H2,1-2H3,(H,23,24). The number of benzene rings is 1. The highest BCUT2D eigenvalue weighted by molar-refractivity contribution is 5.37. The van der Waals surface area contributed by atoms with Gasteiger partial charge in [0.1, 0.15) is 18.4 Å². The van der Waals surface area contributed by atoms with E-state index in [1.165, 1.54) is 35.4 Å². The third-order valence-corrected chi connectivity index (χ3v) is 5.16. The molecule has 7 nitrogen and oxygen atoms in total. The van der Waals surface area contributed by atoms with Gasteiger partial charge in [-0.15, -0.1) is 0 Å². The SMILES string of the molecule is COc1ccc(CN(C)Cc2n[nH]c3c2CCCC3)cc1Cn1cncn1. The summed E-state index contributed by atoms with van der Waals surface area (Å²) in [6.07, 6.45) is 8.10. The molecule has 7 heteroatoms. The molecular weight excluding hydrogens is 340 g/mol. The second kappa shape index (κ2) is 7.92. The third kappa shape index (κ3) is 4.03. The smallest absolute Gasteiger partial charge is 0.137 e. The maximum absolute atomic E-state index is 5.51. The van der Waals surface area contributed by atoms with E-state index in [0.29, 0.717) is 6.54 Å².